The van der Waals surface area contributed by atoms with Gasteiger partial charge in [-0.15, -0.1) is 0 Å². The minimum Gasteiger partial charge on any atom is -0.494 e. The van der Waals surface area contributed by atoms with Gasteiger partial charge in [0.1, 0.15) is 5.75 Å². The predicted octanol–water partition coefficient (Wildman–Crippen LogP) is 4.13. The summed E-state index contributed by atoms with van der Waals surface area (Å²) in [6, 6.07) is 15.0. The first-order valence-corrected chi connectivity index (χ1v) is 9.00. The SMILES string of the molecule is CCCOc1ccccc1OCC(=O)NC(C)c1ccc(OCC)cc1. The molecule has 5 nitrogen and oxygen atoms in total. The van der Waals surface area contributed by atoms with E-state index < -0.39 is 0 Å². The Bertz CT molecular complexity index is 685. The van der Waals surface area contributed by atoms with E-state index in [4.69, 9.17) is 14.2 Å². The summed E-state index contributed by atoms with van der Waals surface area (Å²) >= 11 is 0. The lowest BCUT2D eigenvalue weighted by atomic mass is 10.1. The van der Waals surface area contributed by atoms with E-state index in [1.54, 1.807) is 6.07 Å². The lowest BCUT2D eigenvalue weighted by Gasteiger charge is -2.16. The molecule has 0 spiro atoms. The summed E-state index contributed by atoms with van der Waals surface area (Å²) in [5.41, 5.74) is 1.01. The van der Waals surface area contributed by atoms with Gasteiger partial charge in [0.15, 0.2) is 18.1 Å². The van der Waals surface area contributed by atoms with E-state index in [1.807, 2.05) is 63.2 Å². The number of ether oxygens (including phenoxy) is 3. The molecule has 1 unspecified atom stereocenters. The molecule has 0 fully saturated rings. The Hall–Kier alpha value is -2.69. The van der Waals surface area contributed by atoms with Gasteiger partial charge in [-0.3, -0.25) is 4.79 Å². The fourth-order valence-corrected chi connectivity index (χ4v) is 2.43. The summed E-state index contributed by atoms with van der Waals surface area (Å²) in [5.74, 6) is 1.87. The van der Waals surface area contributed by atoms with E-state index in [1.165, 1.54) is 0 Å². The first-order chi connectivity index (χ1) is 12.6. The third-order valence-electron chi connectivity index (χ3n) is 3.74. The highest BCUT2D eigenvalue weighted by atomic mass is 16.5. The molecule has 2 aromatic rings. The monoisotopic (exact) mass is 357 g/mol. The first-order valence-electron chi connectivity index (χ1n) is 9.00. The predicted molar refractivity (Wildman–Crippen MR) is 102 cm³/mol. The highest BCUT2D eigenvalue weighted by molar-refractivity contribution is 5.78. The maximum Gasteiger partial charge on any atom is 0.258 e. The molecule has 0 heterocycles. The molecular weight excluding hydrogens is 330 g/mol. The normalized spacial score (nSPS) is 11.5. The summed E-state index contributed by atoms with van der Waals surface area (Å²) in [5, 5.41) is 2.93. The second-order valence-corrected chi connectivity index (χ2v) is 5.88. The van der Waals surface area contributed by atoms with E-state index in [9.17, 15) is 4.79 Å². The maximum atomic E-state index is 12.2. The maximum absolute atomic E-state index is 12.2. The smallest absolute Gasteiger partial charge is 0.258 e. The van der Waals surface area contributed by atoms with E-state index >= 15 is 0 Å². The zero-order valence-electron chi connectivity index (χ0n) is 15.7. The number of benzene rings is 2. The average Bonchev–Trinajstić information content (AvgIpc) is 2.66. The van der Waals surface area contributed by atoms with Gasteiger partial charge in [0, 0.05) is 0 Å². The molecule has 2 rings (SSSR count). The Morgan fingerprint density at radius 2 is 1.62 bits per heavy atom. The topological polar surface area (TPSA) is 56.8 Å². The third-order valence-corrected chi connectivity index (χ3v) is 3.74. The first kappa shape index (κ1) is 19.6. The van der Waals surface area contributed by atoms with E-state index in [2.05, 4.69) is 5.32 Å². The fourth-order valence-electron chi connectivity index (χ4n) is 2.43. The molecule has 0 bridgehead atoms. The van der Waals surface area contributed by atoms with Crippen LogP contribution in [-0.2, 0) is 4.79 Å². The molecule has 1 N–H and O–H groups in total. The molecule has 0 aliphatic carbocycles. The fraction of sp³-hybridized carbons (Fsp3) is 0.381. The minimum absolute atomic E-state index is 0.0616. The number of carbonyl (C=O) groups is 1. The largest absolute Gasteiger partial charge is 0.494 e. The average molecular weight is 357 g/mol. The highest BCUT2D eigenvalue weighted by Gasteiger charge is 2.12. The van der Waals surface area contributed by atoms with Gasteiger partial charge in [0.05, 0.1) is 19.3 Å². The van der Waals surface area contributed by atoms with Crippen molar-refractivity contribution >= 4 is 5.91 Å². The van der Waals surface area contributed by atoms with Crippen LogP contribution in [0.5, 0.6) is 17.2 Å². The van der Waals surface area contributed by atoms with Crippen molar-refractivity contribution in [1.82, 2.24) is 5.32 Å². The molecule has 2 aromatic carbocycles. The molecule has 140 valence electrons. The number of para-hydroxylation sites is 2. The van der Waals surface area contributed by atoms with Crippen LogP contribution in [0.3, 0.4) is 0 Å². The molecule has 1 atom stereocenters. The number of rotatable bonds is 10. The molecule has 0 saturated heterocycles. The van der Waals surface area contributed by atoms with Crippen LogP contribution in [0.4, 0.5) is 0 Å². The van der Waals surface area contributed by atoms with Crippen molar-refractivity contribution in [3.8, 4) is 17.2 Å². The van der Waals surface area contributed by atoms with Gasteiger partial charge in [0.25, 0.3) is 5.91 Å². The van der Waals surface area contributed by atoms with Gasteiger partial charge in [-0.1, -0.05) is 31.2 Å². The van der Waals surface area contributed by atoms with E-state index in [-0.39, 0.29) is 18.6 Å². The second kappa shape index (κ2) is 10.3. The lowest BCUT2D eigenvalue weighted by molar-refractivity contribution is -0.123. The summed E-state index contributed by atoms with van der Waals surface area (Å²) in [6.07, 6.45) is 0.911. The number of amides is 1. The van der Waals surface area contributed by atoms with Gasteiger partial charge in [-0.2, -0.15) is 0 Å². The van der Waals surface area contributed by atoms with Crippen molar-refractivity contribution in [2.75, 3.05) is 19.8 Å². The molecule has 1 amide bonds. The summed E-state index contributed by atoms with van der Waals surface area (Å²) in [7, 11) is 0. The number of nitrogens with one attached hydrogen (secondary N) is 1. The standard InChI is InChI=1S/C21H27NO4/c1-4-14-25-19-8-6-7-9-20(19)26-15-21(23)22-16(3)17-10-12-18(13-11-17)24-5-2/h6-13,16H,4-5,14-15H2,1-3H3,(H,22,23). The Morgan fingerprint density at radius 3 is 2.23 bits per heavy atom. The molecule has 0 aliphatic heterocycles. The van der Waals surface area contributed by atoms with Gasteiger partial charge < -0.3 is 19.5 Å². The highest BCUT2D eigenvalue weighted by Crippen LogP contribution is 2.26. The molecular formula is C21H27NO4. The van der Waals surface area contributed by atoms with Crippen molar-refractivity contribution < 1.29 is 19.0 Å². The van der Waals surface area contributed by atoms with Gasteiger partial charge in [0.2, 0.25) is 0 Å². The van der Waals surface area contributed by atoms with Crippen molar-refractivity contribution in [2.45, 2.75) is 33.2 Å². The third kappa shape index (κ3) is 5.99. The summed E-state index contributed by atoms with van der Waals surface area (Å²) < 4.78 is 16.7. The van der Waals surface area contributed by atoms with Crippen molar-refractivity contribution in [3.05, 3.63) is 54.1 Å². The number of hydrogen-bond donors (Lipinski definition) is 1. The van der Waals surface area contributed by atoms with Gasteiger partial charge in [-0.25, -0.2) is 0 Å². The van der Waals surface area contributed by atoms with Crippen molar-refractivity contribution in [3.63, 3.8) is 0 Å². The molecule has 0 aliphatic rings. The Morgan fingerprint density at radius 1 is 0.962 bits per heavy atom. The zero-order chi connectivity index (χ0) is 18.8. The summed E-state index contributed by atoms with van der Waals surface area (Å²) in [4.78, 5) is 12.2. The van der Waals surface area contributed by atoms with Crippen LogP contribution >= 0.6 is 0 Å². The Labute approximate surface area is 155 Å². The second-order valence-electron chi connectivity index (χ2n) is 5.88. The lowest BCUT2D eigenvalue weighted by Crippen LogP contribution is -2.31. The van der Waals surface area contributed by atoms with Crippen LogP contribution in [0.2, 0.25) is 0 Å². The molecule has 26 heavy (non-hydrogen) atoms. The quantitative estimate of drug-likeness (QED) is 0.695. The van der Waals surface area contributed by atoms with E-state index in [0.717, 1.165) is 17.7 Å². The number of carbonyl (C=O) groups excluding carboxylic acids is 1. The van der Waals surface area contributed by atoms with Crippen LogP contribution in [0.15, 0.2) is 48.5 Å². The molecule has 0 aromatic heterocycles. The summed E-state index contributed by atoms with van der Waals surface area (Å²) in [6.45, 7) is 7.11. The molecule has 0 radical (unpaired) electrons. The van der Waals surface area contributed by atoms with Crippen LogP contribution < -0.4 is 19.5 Å². The van der Waals surface area contributed by atoms with Gasteiger partial charge in [-0.05, 0) is 50.1 Å². The number of hydrogen-bond acceptors (Lipinski definition) is 4. The van der Waals surface area contributed by atoms with Crippen LogP contribution in [-0.4, -0.2) is 25.7 Å². The van der Waals surface area contributed by atoms with Crippen molar-refractivity contribution in [1.29, 1.82) is 0 Å². The molecule has 5 heteroatoms. The Kier molecular flexibility index (Phi) is 7.80. The van der Waals surface area contributed by atoms with Crippen LogP contribution in [0, 0.1) is 0 Å². The van der Waals surface area contributed by atoms with E-state index in [0.29, 0.717) is 24.7 Å². The zero-order valence-corrected chi connectivity index (χ0v) is 15.7. The Balaban J connectivity index is 1.86. The minimum atomic E-state index is -0.184. The van der Waals surface area contributed by atoms with Crippen LogP contribution in [0.1, 0.15) is 38.8 Å². The van der Waals surface area contributed by atoms with Gasteiger partial charge >= 0.3 is 0 Å². The van der Waals surface area contributed by atoms with Crippen molar-refractivity contribution in [2.24, 2.45) is 0 Å². The van der Waals surface area contributed by atoms with Crippen LogP contribution in [0.25, 0.3) is 0 Å². The molecule has 0 saturated carbocycles.